The van der Waals surface area contributed by atoms with E-state index in [-0.39, 0.29) is 11.9 Å². The molecule has 1 aliphatic heterocycles. The molecule has 0 unspecified atom stereocenters. The number of carbonyl (C=O) groups excluding carboxylic acids is 1. The highest BCUT2D eigenvalue weighted by Gasteiger charge is 2.23. The summed E-state index contributed by atoms with van der Waals surface area (Å²) in [6.07, 6.45) is 3.52. The molecule has 6 nitrogen and oxygen atoms in total. The van der Waals surface area contributed by atoms with Crippen molar-refractivity contribution in [3.05, 3.63) is 18.5 Å². The second-order valence-corrected chi connectivity index (χ2v) is 5.18. The van der Waals surface area contributed by atoms with Crippen molar-refractivity contribution in [3.8, 4) is 0 Å². The molecule has 0 spiro atoms. The van der Waals surface area contributed by atoms with Gasteiger partial charge < -0.3 is 15.1 Å². The minimum absolute atomic E-state index is 0.134. The molecule has 0 saturated carbocycles. The third-order valence-electron chi connectivity index (χ3n) is 3.17. The van der Waals surface area contributed by atoms with Crippen LogP contribution in [0.3, 0.4) is 0 Å². The zero-order valence-electron chi connectivity index (χ0n) is 11.6. The van der Waals surface area contributed by atoms with Gasteiger partial charge in [0.15, 0.2) is 6.54 Å². The third kappa shape index (κ3) is 4.17. The molecular formula is C13H22N5O+. The van der Waals surface area contributed by atoms with E-state index in [0.29, 0.717) is 6.54 Å². The molecule has 1 aliphatic rings. The first-order valence-electron chi connectivity index (χ1n) is 6.80. The molecule has 0 radical (unpaired) electrons. The molecule has 1 fully saturated rings. The molecule has 1 amide bonds. The monoisotopic (exact) mass is 264 g/mol. The van der Waals surface area contributed by atoms with Crippen LogP contribution in [0.1, 0.15) is 13.8 Å². The van der Waals surface area contributed by atoms with Gasteiger partial charge in [-0.3, -0.25) is 4.79 Å². The van der Waals surface area contributed by atoms with Crippen molar-refractivity contribution < 1.29 is 9.69 Å². The van der Waals surface area contributed by atoms with Gasteiger partial charge in [0.2, 0.25) is 5.95 Å². The molecule has 1 aromatic heterocycles. The number of quaternary nitrogens is 1. The van der Waals surface area contributed by atoms with Crippen molar-refractivity contribution in [1.29, 1.82) is 0 Å². The van der Waals surface area contributed by atoms with Crippen LogP contribution in [0.25, 0.3) is 0 Å². The first kappa shape index (κ1) is 13.7. The summed E-state index contributed by atoms with van der Waals surface area (Å²) >= 11 is 0. The summed E-state index contributed by atoms with van der Waals surface area (Å²) in [6, 6.07) is 2.03. The summed E-state index contributed by atoms with van der Waals surface area (Å²) < 4.78 is 0. The number of hydrogen-bond acceptors (Lipinski definition) is 4. The SMILES string of the molecule is CC(C)NC(=O)C[NH+]1CCN(c2ncccn2)CC1. The smallest absolute Gasteiger partial charge is 0.275 e. The van der Waals surface area contributed by atoms with Gasteiger partial charge in [-0.15, -0.1) is 0 Å². The summed E-state index contributed by atoms with van der Waals surface area (Å²) in [7, 11) is 0. The van der Waals surface area contributed by atoms with E-state index in [1.54, 1.807) is 12.4 Å². The molecule has 2 rings (SSSR count). The van der Waals surface area contributed by atoms with Crippen LogP contribution in [0, 0.1) is 0 Å². The van der Waals surface area contributed by atoms with E-state index in [4.69, 9.17) is 0 Å². The molecule has 0 aliphatic carbocycles. The Morgan fingerprint density at radius 1 is 1.37 bits per heavy atom. The average Bonchev–Trinajstić information content (AvgIpc) is 2.39. The predicted octanol–water partition coefficient (Wildman–Crippen LogP) is -1.29. The Morgan fingerprint density at radius 2 is 2.00 bits per heavy atom. The number of anilines is 1. The lowest BCUT2D eigenvalue weighted by atomic mass is 10.3. The van der Waals surface area contributed by atoms with E-state index >= 15 is 0 Å². The first-order chi connectivity index (χ1) is 9.15. The highest BCUT2D eigenvalue weighted by molar-refractivity contribution is 5.77. The molecule has 2 heterocycles. The second kappa shape index (κ2) is 6.47. The number of amides is 1. The van der Waals surface area contributed by atoms with Crippen molar-refractivity contribution in [2.24, 2.45) is 0 Å². The van der Waals surface area contributed by atoms with Crippen LogP contribution in [0.2, 0.25) is 0 Å². The molecule has 6 heteroatoms. The van der Waals surface area contributed by atoms with E-state index < -0.39 is 0 Å². The van der Waals surface area contributed by atoms with Crippen LogP contribution < -0.4 is 15.1 Å². The first-order valence-corrected chi connectivity index (χ1v) is 6.80. The number of rotatable bonds is 4. The van der Waals surface area contributed by atoms with Crippen LogP contribution in [-0.2, 0) is 4.79 Å². The van der Waals surface area contributed by atoms with Crippen LogP contribution >= 0.6 is 0 Å². The maximum Gasteiger partial charge on any atom is 0.275 e. The Bertz CT molecular complexity index is 401. The van der Waals surface area contributed by atoms with Crippen molar-refractivity contribution in [1.82, 2.24) is 15.3 Å². The molecule has 0 bridgehead atoms. The zero-order valence-corrected chi connectivity index (χ0v) is 11.6. The van der Waals surface area contributed by atoms with Gasteiger partial charge in [-0.1, -0.05) is 0 Å². The maximum atomic E-state index is 11.7. The summed E-state index contributed by atoms with van der Waals surface area (Å²) in [6.45, 7) is 8.22. The lowest BCUT2D eigenvalue weighted by Gasteiger charge is -2.31. The Labute approximate surface area is 113 Å². The fraction of sp³-hybridized carbons (Fsp3) is 0.615. The highest BCUT2D eigenvalue weighted by atomic mass is 16.2. The van der Waals surface area contributed by atoms with Crippen molar-refractivity contribution in [2.75, 3.05) is 37.6 Å². The molecule has 104 valence electrons. The van der Waals surface area contributed by atoms with Gasteiger partial charge in [0.25, 0.3) is 5.91 Å². The number of hydrogen-bond donors (Lipinski definition) is 2. The van der Waals surface area contributed by atoms with Gasteiger partial charge >= 0.3 is 0 Å². The van der Waals surface area contributed by atoms with Gasteiger partial charge in [0, 0.05) is 18.4 Å². The molecule has 1 saturated heterocycles. The molecular weight excluding hydrogens is 242 g/mol. The van der Waals surface area contributed by atoms with Crippen LogP contribution in [0.15, 0.2) is 18.5 Å². The Balaban J connectivity index is 1.78. The Hall–Kier alpha value is -1.69. The summed E-state index contributed by atoms with van der Waals surface area (Å²) in [5.74, 6) is 0.919. The summed E-state index contributed by atoms with van der Waals surface area (Å²) in [5.41, 5.74) is 0. The van der Waals surface area contributed by atoms with Crippen molar-refractivity contribution >= 4 is 11.9 Å². The standard InChI is InChI=1S/C13H21N5O/c1-11(2)16-12(19)10-17-6-8-18(9-7-17)13-14-4-3-5-15-13/h3-5,11H,6-10H2,1-2H3,(H,16,19)/p+1. The third-order valence-corrected chi connectivity index (χ3v) is 3.17. The molecule has 0 atom stereocenters. The Morgan fingerprint density at radius 3 is 2.58 bits per heavy atom. The number of carbonyl (C=O) groups is 1. The van der Waals surface area contributed by atoms with Crippen molar-refractivity contribution in [3.63, 3.8) is 0 Å². The number of nitrogens with one attached hydrogen (secondary N) is 2. The van der Waals surface area contributed by atoms with Crippen LogP contribution in [0.5, 0.6) is 0 Å². The molecule has 2 N–H and O–H groups in total. The molecule has 0 aromatic carbocycles. The Kier molecular flexibility index (Phi) is 4.68. The van der Waals surface area contributed by atoms with E-state index in [1.165, 1.54) is 4.90 Å². The molecule has 19 heavy (non-hydrogen) atoms. The van der Waals surface area contributed by atoms with Crippen molar-refractivity contribution in [2.45, 2.75) is 19.9 Å². The van der Waals surface area contributed by atoms with Gasteiger partial charge in [0.05, 0.1) is 26.2 Å². The fourth-order valence-electron chi connectivity index (χ4n) is 2.25. The van der Waals surface area contributed by atoms with Gasteiger partial charge in [0.1, 0.15) is 0 Å². The normalized spacial score (nSPS) is 16.7. The van der Waals surface area contributed by atoms with Gasteiger partial charge in [-0.05, 0) is 19.9 Å². The van der Waals surface area contributed by atoms with E-state index in [0.717, 1.165) is 32.1 Å². The summed E-state index contributed by atoms with van der Waals surface area (Å²) in [5, 5.41) is 2.93. The highest BCUT2D eigenvalue weighted by Crippen LogP contribution is 2.03. The topological polar surface area (TPSA) is 62.6 Å². The van der Waals surface area contributed by atoms with Crippen LogP contribution in [0.4, 0.5) is 5.95 Å². The quantitative estimate of drug-likeness (QED) is 0.710. The van der Waals surface area contributed by atoms with E-state index in [9.17, 15) is 4.79 Å². The lowest BCUT2D eigenvalue weighted by Crippen LogP contribution is -3.16. The maximum absolute atomic E-state index is 11.7. The lowest BCUT2D eigenvalue weighted by molar-refractivity contribution is -0.892. The number of nitrogens with zero attached hydrogens (tertiary/aromatic N) is 3. The van der Waals surface area contributed by atoms with Gasteiger partial charge in [-0.2, -0.15) is 0 Å². The zero-order chi connectivity index (χ0) is 13.7. The minimum Gasteiger partial charge on any atom is -0.349 e. The number of aromatic nitrogens is 2. The van der Waals surface area contributed by atoms with Crippen LogP contribution in [-0.4, -0.2) is 54.6 Å². The second-order valence-electron chi connectivity index (χ2n) is 5.18. The molecule has 1 aromatic rings. The number of piperazine rings is 1. The largest absolute Gasteiger partial charge is 0.349 e. The summed E-state index contributed by atoms with van der Waals surface area (Å²) in [4.78, 5) is 23.7. The average molecular weight is 264 g/mol. The predicted molar refractivity (Wildman–Crippen MR) is 73.1 cm³/mol. The van der Waals surface area contributed by atoms with Gasteiger partial charge in [-0.25, -0.2) is 9.97 Å². The van der Waals surface area contributed by atoms with E-state index in [1.807, 2.05) is 19.9 Å². The van der Waals surface area contributed by atoms with E-state index in [2.05, 4.69) is 20.2 Å². The minimum atomic E-state index is 0.134. The fourth-order valence-corrected chi connectivity index (χ4v) is 2.25.